The number of nitrogens with one attached hydrogen (secondary N) is 1. The molecule has 3 amide bonds. The van der Waals surface area contributed by atoms with E-state index in [-0.39, 0.29) is 18.0 Å². The third-order valence-corrected chi connectivity index (χ3v) is 9.82. The molecule has 0 radical (unpaired) electrons. The summed E-state index contributed by atoms with van der Waals surface area (Å²) in [6.45, 7) is 12.0. The van der Waals surface area contributed by atoms with Crippen LogP contribution in [0.3, 0.4) is 0 Å². The van der Waals surface area contributed by atoms with Gasteiger partial charge >= 0.3 is 13.1 Å². The predicted octanol–water partition coefficient (Wildman–Crippen LogP) is 4.26. The number of urea groups is 1. The van der Waals surface area contributed by atoms with Crippen LogP contribution in [-0.2, 0) is 38.9 Å². The van der Waals surface area contributed by atoms with Gasteiger partial charge < -0.3 is 14.6 Å². The van der Waals surface area contributed by atoms with Crippen molar-refractivity contribution in [3.63, 3.8) is 0 Å². The number of carbonyl (C=O) groups excluding carboxylic acids is 2. The number of benzene rings is 2. The molecule has 7 heteroatoms. The highest BCUT2D eigenvalue weighted by Crippen LogP contribution is 2.58. The molecule has 2 spiro atoms. The fraction of sp³-hybridized carbons (Fsp3) is 0.533. The Bertz CT molecular complexity index is 1260. The molecular weight excluding hydrogens is 463 g/mol. The van der Waals surface area contributed by atoms with E-state index in [2.05, 4.69) is 47.8 Å². The van der Waals surface area contributed by atoms with Crippen molar-refractivity contribution in [2.75, 3.05) is 0 Å². The van der Waals surface area contributed by atoms with E-state index >= 15 is 0 Å². The number of rotatable bonds is 2. The minimum atomic E-state index is -1.09. The molecule has 1 N–H and O–H groups in total. The van der Waals surface area contributed by atoms with Crippen molar-refractivity contribution >= 4 is 24.5 Å². The SMILES string of the molecule is CC(C)N1C(=O)NC2(C1=O)c1cc(B3OC(C)(C)C(C)(C)O3)ccc1CC21CCc2ccccc2CC1. The lowest BCUT2D eigenvalue weighted by molar-refractivity contribution is -0.138. The maximum atomic E-state index is 14.4. The van der Waals surface area contributed by atoms with Gasteiger partial charge in [-0.25, -0.2) is 4.79 Å². The zero-order valence-electron chi connectivity index (χ0n) is 22.8. The summed E-state index contributed by atoms with van der Waals surface area (Å²) in [6.07, 6.45) is 4.21. The van der Waals surface area contributed by atoms with Crippen LogP contribution in [0.4, 0.5) is 4.79 Å². The third kappa shape index (κ3) is 3.32. The lowest BCUT2D eigenvalue weighted by atomic mass is 9.64. The van der Waals surface area contributed by atoms with E-state index in [9.17, 15) is 9.59 Å². The highest BCUT2D eigenvalue weighted by Gasteiger charge is 2.68. The maximum absolute atomic E-state index is 14.4. The lowest BCUT2D eigenvalue weighted by Crippen LogP contribution is -2.56. The standard InChI is InChI=1S/C30H37BN2O4/c1-19(2)33-25(34)30(32-26(33)35)24-17-23(31-36-27(3,4)28(5,6)37-31)12-11-22(24)18-29(30)15-13-20-9-7-8-10-21(20)14-16-29/h7-12,17,19H,13-16,18H2,1-6H3,(H,32,35). The average molecular weight is 500 g/mol. The van der Waals surface area contributed by atoms with Crippen LogP contribution in [0.2, 0.25) is 0 Å². The van der Waals surface area contributed by atoms with Gasteiger partial charge in [0.1, 0.15) is 0 Å². The van der Waals surface area contributed by atoms with Gasteiger partial charge in [0.25, 0.3) is 5.91 Å². The van der Waals surface area contributed by atoms with Gasteiger partial charge in [-0.2, -0.15) is 0 Å². The summed E-state index contributed by atoms with van der Waals surface area (Å²) >= 11 is 0. The fourth-order valence-corrected chi connectivity index (χ4v) is 7.03. The van der Waals surface area contributed by atoms with Crippen LogP contribution < -0.4 is 10.8 Å². The van der Waals surface area contributed by atoms with E-state index in [1.807, 2.05) is 41.5 Å². The van der Waals surface area contributed by atoms with Gasteiger partial charge in [0.2, 0.25) is 0 Å². The summed E-state index contributed by atoms with van der Waals surface area (Å²) in [5.41, 5.74) is 3.20. The van der Waals surface area contributed by atoms with Crippen LogP contribution in [0.1, 0.15) is 76.6 Å². The van der Waals surface area contributed by atoms with E-state index in [1.54, 1.807) is 0 Å². The average Bonchev–Trinajstić information content (AvgIpc) is 3.27. The molecule has 0 bridgehead atoms. The highest BCUT2D eigenvalue weighted by atomic mass is 16.7. The molecule has 0 aromatic heterocycles. The predicted molar refractivity (Wildman–Crippen MR) is 144 cm³/mol. The molecule has 2 saturated heterocycles. The summed E-state index contributed by atoms with van der Waals surface area (Å²) < 4.78 is 12.7. The Hall–Kier alpha value is -2.64. The molecule has 2 aromatic carbocycles. The quantitative estimate of drug-likeness (QED) is 0.494. The molecule has 2 aliphatic carbocycles. The van der Waals surface area contributed by atoms with Crippen LogP contribution in [0, 0.1) is 5.41 Å². The number of hydrogen-bond acceptors (Lipinski definition) is 4. The largest absolute Gasteiger partial charge is 0.494 e. The van der Waals surface area contributed by atoms with Crippen molar-refractivity contribution in [3.8, 4) is 0 Å². The smallest absolute Gasteiger partial charge is 0.399 e. The summed E-state index contributed by atoms with van der Waals surface area (Å²) in [7, 11) is -0.532. The van der Waals surface area contributed by atoms with Crippen LogP contribution in [-0.4, -0.2) is 41.2 Å². The van der Waals surface area contributed by atoms with E-state index in [4.69, 9.17) is 9.31 Å². The molecule has 1 unspecified atom stereocenters. The van der Waals surface area contributed by atoms with Crippen molar-refractivity contribution in [2.24, 2.45) is 5.41 Å². The van der Waals surface area contributed by atoms with E-state index in [0.717, 1.165) is 48.7 Å². The molecule has 2 aromatic rings. The Labute approximate surface area is 220 Å². The first-order chi connectivity index (χ1) is 17.4. The molecule has 2 heterocycles. The molecule has 4 aliphatic rings. The van der Waals surface area contributed by atoms with Gasteiger partial charge in [-0.1, -0.05) is 42.5 Å². The van der Waals surface area contributed by atoms with E-state index in [1.165, 1.54) is 16.0 Å². The first kappa shape index (κ1) is 24.7. The van der Waals surface area contributed by atoms with Crippen LogP contribution in [0.5, 0.6) is 0 Å². The van der Waals surface area contributed by atoms with Gasteiger partial charge in [0, 0.05) is 11.5 Å². The molecular formula is C30H37BN2O4. The van der Waals surface area contributed by atoms with Crippen molar-refractivity contribution in [3.05, 3.63) is 64.7 Å². The number of carbonyl (C=O) groups is 2. The summed E-state index contributed by atoms with van der Waals surface area (Å²) in [5, 5.41) is 3.29. The summed E-state index contributed by atoms with van der Waals surface area (Å²) in [6, 6.07) is 14.3. The molecule has 2 fully saturated rings. The van der Waals surface area contributed by atoms with Crippen LogP contribution in [0.15, 0.2) is 42.5 Å². The molecule has 194 valence electrons. The van der Waals surface area contributed by atoms with Gasteiger partial charge in [-0.05, 0) is 101 Å². The number of amides is 3. The maximum Gasteiger partial charge on any atom is 0.494 e. The van der Waals surface area contributed by atoms with Crippen molar-refractivity contribution < 1.29 is 18.9 Å². The Morgan fingerprint density at radius 3 is 2.03 bits per heavy atom. The van der Waals surface area contributed by atoms with Gasteiger partial charge in [0.05, 0.1) is 11.2 Å². The molecule has 1 atom stereocenters. The minimum absolute atomic E-state index is 0.122. The fourth-order valence-electron chi connectivity index (χ4n) is 7.03. The Morgan fingerprint density at radius 2 is 1.49 bits per heavy atom. The first-order valence-corrected chi connectivity index (χ1v) is 13.6. The summed E-state index contributed by atoms with van der Waals surface area (Å²) in [5.74, 6) is -0.122. The number of fused-ring (bicyclic) bond motifs is 4. The second kappa shape index (κ2) is 7.94. The number of hydrogen-bond donors (Lipinski definition) is 1. The second-order valence-corrected chi connectivity index (χ2v) is 12.7. The second-order valence-electron chi connectivity index (χ2n) is 12.7. The zero-order valence-corrected chi connectivity index (χ0v) is 22.8. The number of aryl methyl sites for hydroxylation is 2. The number of nitrogens with zero attached hydrogens (tertiary/aromatic N) is 1. The zero-order chi connectivity index (χ0) is 26.4. The van der Waals surface area contributed by atoms with Crippen molar-refractivity contribution in [2.45, 2.75) is 96.4 Å². The van der Waals surface area contributed by atoms with Gasteiger partial charge in [0.15, 0.2) is 5.54 Å². The van der Waals surface area contributed by atoms with Crippen LogP contribution >= 0.6 is 0 Å². The minimum Gasteiger partial charge on any atom is -0.399 e. The molecule has 6 nitrogen and oxygen atoms in total. The van der Waals surface area contributed by atoms with E-state index < -0.39 is 29.3 Å². The summed E-state index contributed by atoms with van der Waals surface area (Å²) in [4.78, 5) is 29.2. The molecule has 2 aliphatic heterocycles. The first-order valence-electron chi connectivity index (χ1n) is 13.6. The topological polar surface area (TPSA) is 67.9 Å². The van der Waals surface area contributed by atoms with Gasteiger partial charge in [-0.3, -0.25) is 9.69 Å². The Kier molecular flexibility index (Phi) is 5.29. The lowest BCUT2D eigenvalue weighted by Gasteiger charge is -2.42. The van der Waals surface area contributed by atoms with Crippen molar-refractivity contribution in [1.82, 2.24) is 10.2 Å². The Balaban J connectivity index is 1.48. The van der Waals surface area contributed by atoms with Crippen LogP contribution in [0.25, 0.3) is 0 Å². The van der Waals surface area contributed by atoms with Gasteiger partial charge in [-0.15, -0.1) is 0 Å². The monoisotopic (exact) mass is 500 g/mol. The number of imide groups is 1. The Morgan fingerprint density at radius 1 is 0.892 bits per heavy atom. The molecule has 6 rings (SSSR count). The third-order valence-electron chi connectivity index (χ3n) is 9.82. The highest BCUT2D eigenvalue weighted by molar-refractivity contribution is 6.62. The van der Waals surface area contributed by atoms with E-state index in [0.29, 0.717) is 0 Å². The normalized spacial score (nSPS) is 27.1. The molecule has 0 saturated carbocycles. The van der Waals surface area contributed by atoms with Crippen molar-refractivity contribution in [1.29, 1.82) is 0 Å². The molecule has 37 heavy (non-hydrogen) atoms.